The molecule has 1 heterocycles. The fraction of sp³-hybridized carbons (Fsp3) is 0.600. The Morgan fingerprint density at radius 2 is 2.14 bits per heavy atom. The molecule has 0 amide bonds. The van der Waals surface area contributed by atoms with Gasteiger partial charge < -0.3 is 14.7 Å². The Bertz CT molecular complexity index is 498. The number of esters is 1. The third kappa shape index (κ3) is 4.74. The van der Waals surface area contributed by atoms with E-state index in [4.69, 9.17) is 9.84 Å². The molecule has 0 saturated carbocycles. The Labute approximate surface area is 129 Å². The summed E-state index contributed by atoms with van der Waals surface area (Å²) in [4.78, 5) is 26.0. The lowest BCUT2D eigenvalue weighted by Gasteiger charge is -2.26. The molecule has 0 bridgehead atoms. The Hall–Kier alpha value is -1.56. The van der Waals surface area contributed by atoms with Crippen LogP contribution in [0.15, 0.2) is 6.07 Å². The van der Waals surface area contributed by atoms with Crippen LogP contribution in [-0.4, -0.2) is 37.2 Å². The molecule has 0 radical (unpaired) electrons. The lowest BCUT2D eigenvalue weighted by atomic mass is 10.1. The predicted molar refractivity (Wildman–Crippen MR) is 84.3 cm³/mol. The number of aryl methyl sites for hydroxylation is 1. The molecule has 1 aromatic heterocycles. The minimum atomic E-state index is -0.829. The largest absolute Gasteiger partial charge is 0.481 e. The number of carbonyl (C=O) groups is 2. The zero-order valence-electron chi connectivity index (χ0n) is 13.0. The summed E-state index contributed by atoms with van der Waals surface area (Å²) in [6.45, 7) is 6.82. The molecule has 1 N–H and O–H groups in total. The Morgan fingerprint density at radius 1 is 1.48 bits per heavy atom. The molecule has 1 aromatic rings. The van der Waals surface area contributed by atoms with Gasteiger partial charge in [-0.05, 0) is 19.4 Å². The molecule has 1 unspecified atom stereocenters. The van der Waals surface area contributed by atoms with E-state index in [9.17, 15) is 9.59 Å². The molecule has 1 rings (SSSR count). The van der Waals surface area contributed by atoms with Crippen molar-refractivity contribution in [2.75, 3.05) is 25.1 Å². The first-order valence-corrected chi connectivity index (χ1v) is 7.88. The number of hydrogen-bond acceptors (Lipinski definition) is 5. The van der Waals surface area contributed by atoms with Gasteiger partial charge in [0.15, 0.2) is 0 Å². The summed E-state index contributed by atoms with van der Waals surface area (Å²) in [5, 5.41) is 9.92. The number of nitrogens with zero attached hydrogens (tertiary/aromatic N) is 1. The van der Waals surface area contributed by atoms with Crippen molar-refractivity contribution in [2.45, 2.75) is 33.6 Å². The van der Waals surface area contributed by atoms with E-state index in [-0.39, 0.29) is 5.97 Å². The van der Waals surface area contributed by atoms with Crippen LogP contribution in [0, 0.1) is 12.8 Å². The van der Waals surface area contributed by atoms with Crippen LogP contribution in [0.4, 0.5) is 5.00 Å². The van der Waals surface area contributed by atoms with Crippen molar-refractivity contribution in [3.8, 4) is 0 Å². The predicted octanol–water partition coefficient (Wildman–Crippen LogP) is 3.17. The van der Waals surface area contributed by atoms with Gasteiger partial charge in [-0.25, -0.2) is 4.79 Å². The van der Waals surface area contributed by atoms with Crippen LogP contribution in [0.5, 0.6) is 0 Å². The second kappa shape index (κ2) is 8.02. The molecule has 0 aliphatic carbocycles. The van der Waals surface area contributed by atoms with Crippen LogP contribution >= 0.6 is 11.3 Å². The fourth-order valence-electron chi connectivity index (χ4n) is 2.03. The third-order valence-electron chi connectivity index (χ3n) is 3.23. The normalized spacial score (nSPS) is 12.0. The molecule has 0 aliphatic heterocycles. The first-order valence-electron chi connectivity index (χ1n) is 7.07. The number of unbranched alkanes of at least 4 members (excludes halogenated alkanes) is 1. The van der Waals surface area contributed by atoms with Crippen molar-refractivity contribution in [1.82, 2.24) is 0 Å². The van der Waals surface area contributed by atoms with E-state index < -0.39 is 11.9 Å². The summed E-state index contributed by atoms with van der Waals surface area (Å²) in [6, 6.07) is 1.80. The van der Waals surface area contributed by atoms with E-state index >= 15 is 0 Å². The highest BCUT2D eigenvalue weighted by atomic mass is 32.1. The van der Waals surface area contributed by atoms with Gasteiger partial charge in [-0.1, -0.05) is 20.3 Å². The summed E-state index contributed by atoms with van der Waals surface area (Å²) < 4.78 is 4.82. The molecule has 118 valence electrons. The van der Waals surface area contributed by atoms with Crippen molar-refractivity contribution in [3.05, 3.63) is 16.5 Å². The van der Waals surface area contributed by atoms with Crippen LogP contribution in [0.25, 0.3) is 0 Å². The number of anilines is 1. The maximum atomic E-state index is 11.9. The van der Waals surface area contributed by atoms with Gasteiger partial charge in [-0.2, -0.15) is 0 Å². The number of aliphatic carboxylic acids is 1. The molecular formula is C15H23NO4S. The molecule has 0 fully saturated rings. The van der Waals surface area contributed by atoms with Gasteiger partial charge in [0.25, 0.3) is 0 Å². The average Bonchev–Trinajstić information content (AvgIpc) is 2.84. The molecule has 0 saturated heterocycles. The Kier molecular flexibility index (Phi) is 6.68. The molecular weight excluding hydrogens is 290 g/mol. The quantitative estimate of drug-likeness (QED) is 0.747. The highest BCUT2D eigenvalue weighted by Crippen LogP contribution is 2.32. The highest BCUT2D eigenvalue weighted by molar-refractivity contribution is 7.16. The van der Waals surface area contributed by atoms with Gasteiger partial charge in [0, 0.05) is 18.0 Å². The maximum absolute atomic E-state index is 11.9. The number of ether oxygens (including phenoxy) is 1. The third-order valence-corrected chi connectivity index (χ3v) is 4.34. The minimum Gasteiger partial charge on any atom is -0.481 e. The zero-order chi connectivity index (χ0) is 16.0. The van der Waals surface area contributed by atoms with Crippen molar-refractivity contribution >= 4 is 28.3 Å². The highest BCUT2D eigenvalue weighted by Gasteiger charge is 2.23. The van der Waals surface area contributed by atoms with Crippen molar-refractivity contribution in [3.63, 3.8) is 0 Å². The SMILES string of the molecule is CCCCN(CC(C)C(=O)O)c1sc(C)cc1C(=O)OC. The summed E-state index contributed by atoms with van der Waals surface area (Å²) in [5.41, 5.74) is 0.522. The number of carboxylic acid groups (broad SMARTS) is 1. The first-order chi connectivity index (χ1) is 9.90. The standard InChI is InChI=1S/C15H23NO4S/c1-5-6-7-16(9-10(2)14(17)18)13-12(15(19)20-4)8-11(3)21-13/h8,10H,5-7,9H2,1-4H3,(H,17,18). The molecule has 0 aromatic carbocycles. The zero-order valence-corrected chi connectivity index (χ0v) is 13.8. The summed E-state index contributed by atoms with van der Waals surface area (Å²) in [7, 11) is 1.36. The van der Waals surface area contributed by atoms with E-state index in [0.29, 0.717) is 12.1 Å². The molecule has 21 heavy (non-hydrogen) atoms. The molecule has 1 atom stereocenters. The second-order valence-electron chi connectivity index (χ2n) is 5.11. The summed E-state index contributed by atoms with van der Waals surface area (Å²) in [6.07, 6.45) is 1.96. The second-order valence-corrected chi connectivity index (χ2v) is 6.34. The van der Waals surface area contributed by atoms with Crippen LogP contribution in [0.2, 0.25) is 0 Å². The van der Waals surface area contributed by atoms with Gasteiger partial charge in [0.1, 0.15) is 5.00 Å². The fourth-order valence-corrected chi connectivity index (χ4v) is 3.06. The van der Waals surface area contributed by atoms with Gasteiger partial charge >= 0.3 is 11.9 Å². The number of carboxylic acids is 1. The van der Waals surface area contributed by atoms with Crippen molar-refractivity contribution in [1.29, 1.82) is 0 Å². The van der Waals surface area contributed by atoms with Gasteiger partial charge in [0.2, 0.25) is 0 Å². The van der Waals surface area contributed by atoms with Gasteiger partial charge in [-0.3, -0.25) is 4.79 Å². The van der Waals surface area contributed by atoms with E-state index in [1.165, 1.54) is 18.4 Å². The van der Waals surface area contributed by atoms with E-state index in [2.05, 4.69) is 6.92 Å². The lowest BCUT2D eigenvalue weighted by molar-refractivity contribution is -0.140. The van der Waals surface area contributed by atoms with E-state index in [1.807, 2.05) is 11.8 Å². The van der Waals surface area contributed by atoms with E-state index in [0.717, 1.165) is 29.3 Å². The topological polar surface area (TPSA) is 66.8 Å². The van der Waals surface area contributed by atoms with Crippen LogP contribution in [0.1, 0.15) is 41.9 Å². The number of thiophene rings is 1. The van der Waals surface area contributed by atoms with Crippen molar-refractivity contribution < 1.29 is 19.4 Å². The lowest BCUT2D eigenvalue weighted by Crippen LogP contribution is -2.33. The molecule has 0 aliphatic rings. The van der Waals surface area contributed by atoms with E-state index in [1.54, 1.807) is 13.0 Å². The molecule has 0 spiro atoms. The summed E-state index contributed by atoms with van der Waals surface area (Å²) in [5.74, 6) is -1.70. The van der Waals surface area contributed by atoms with Crippen LogP contribution < -0.4 is 4.90 Å². The molecule has 5 nitrogen and oxygen atoms in total. The minimum absolute atomic E-state index is 0.376. The maximum Gasteiger partial charge on any atom is 0.340 e. The average molecular weight is 313 g/mol. The monoisotopic (exact) mass is 313 g/mol. The number of methoxy groups -OCH3 is 1. The Morgan fingerprint density at radius 3 is 2.67 bits per heavy atom. The van der Waals surface area contributed by atoms with Crippen molar-refractivity contribution in [2.24, 2.45) is 5.92 Å². The smallest absolute Gasteiger partial charge is 0.340 e. The number of rotatable bonds is 8. The van der Waals surface area contributed by atoms with Crippen LogP contribution in [0.3, 0.4) is 0 Å². The van der Waals surface area contributed by atoms with Crippen LogP contribution in [-0.2, 0) is 9.53 Å². The molecule has 6 heteroatoms. The first kappa shape index (κ1) is 17.5. The Balaban J connectivity index is 3.07. The number of carbonyl (C=O) groups excluding carboxylic acids is 1. The van der Waals surface area contributed by atoms with Gasteiger partial charge in [-0.15, -0.1) is 11.3 Å². The number of hydrogen-bond donors (Lipinski definition) is 1. The van der Waals surface area contributed by atoms with Gasteiger partial charge in [0.05, 0.1) is 18.6 Å². The summed E-state index contributed by atoms with van der Waals surface area (Å²) >= 11 is 1.50.